The number of hydrogen-bond donors (Lipinski definition) is 4. The van der Waals surface area contributed by atoms with Crippen molar-refractivity contribution in [3.63, 3.8) is 0 Å². The zero-order valence-corrected chi connectivity index (χ0v) is 26.5. The van der Waals surface area contributed by atoms with Crippen LogP contribution >= 0.6 is 0 Å². The minimum Gasteiger partial charge on any atom is -0.433 e. The van der Waals surface area contributed by atoms with E-state index in [-0.39, 0.29) is 60.8 Å². The van der Waals surface area contributed by atoms with Gasteiger partial charge in [-0.15, -0.1) is 0 Å². The molecule has 256 valence electrons. The Bertz CT molecular complexity index is 1560. The molecule has 3 saturated heterocycles. The van der Waals surface area contributed by atoms with Gasteiger partial charge in [0.05, 0.1) is 25.9 Å². The number of aromatic nitrogens is 8. The van der Waals surface area contributed by atoms with Crippen molar-refractivity contribution in [1.82, 2.24) is 39.0 Å². The van der Waals surface area contributed by atoms with Crippen LogP contribution in [0.2, 0.25) is 0 Å². The van der Waals surface area contributed by atoms with Crippen molar-refractivity contribution in [2.75, 3.05) is 42.8 Å². The lowest BCUT2D eigenvalue weighted by Crippen LogP contribution is -2.18. The summed E-state index contributed by atoms with van der Waals surface area (Å²) in [6, 6.07) is 0. The molecule has 3 fully saturated rings. The average molecular weight is 661 g/mol. The molecule has 8 N–H and O–H groups in total. The summed E-state index contributed by atoms with van der Waals surface area (Å²) >= 11 is 0. The summed E-state index contributed by atoms with van der Waals surface area (Å²) in [6.07, 6.45) is 3.98. The van der Waals surface area contributed by atoms with Crippen LogP contribution in [-0.4, -0.2) is 90.0 Å². The lowest BCUT2D eigenvalue weighted by molar-refractivity contribution is -0.173. The maximum absolute atomic E-state index is 10.4. The highest BCUT2D eigenvalue weighted by atomic mass is 16.8. The molecule has 0 bridgehead atoms. The molecule has 0 aromatic carbocycles. The van der Waals surface area contributed by atoms with Crippen LogP contribution in [0.1, 0.15) is 59.4 Å². The van der Waals surface area contributed by atoms with Crippen LogP contribution in [-0.2, 0) is 38.0 Å². The van der Waals surface area contributed by atoms with Crippen molar-refractivity contribution in [3.05, 3.63) is 12.7 Å². The number of carbonyl (C=O) groups excluding carboxylic acids is 1. The number of nitrogens with zero attached hydrogens (tertiary/aromatic N) is 8. The second-order valence-electron chi connectivity index (χ2n) is 10.5. The summed E-state index contributed by atoms with van der Waals surface area (Å²) in [5, 5.41) is 0. The van der Waals surface area contributed by atoms with Crippen LogP contribution in [0.25, 0.3) is 22.3 Å². The zero-order chi connectivity index (χ0) is 33.7. The van der Waals surface area contributed by atoms with E-state index in [9.17, 15) is 4.79 Å². The molecule has 7 heterocycles. The normalized spacial score (nSPS) is 25.4. The zero-order valence-electron chi connectivity index (χ0n) is 26.5. The fourth-order valence-electron chi connectivity index (χ4n) is 4.83. The molecule has 0 amide bonds. The molecule has 0 radical (unpaired) electrons. The van der Waals surface area contributed by atoms with E-state index in [2.05, 4.69) is 29.9 Å². The molecular formula is C27H40N12O8. The number of rotatable bonds is 6. The van der Waals surface area contributed by atoms with Gasteiger partial charge in [-0.25, -0.2) is 9.97 Å². The highest BCUT2D eigenvalue weighted by Gasteiger charge is 2.29. The first-order valence-electron chi connectivity index (χ1n) is 15.1. The third kappa shape index (κ3) is 7.92. The number of imidazole rings is 2. The van der Waals surface area contributed by atoms with Gasteiger partial charge in [-0.1, -0.05) is 20.8 Å². The van der Waals surface area contributed by atoms with Gasteiger partial charge in [0.25, 0.3) is 0 Å². The molecule has 3 aliphatic heterocycles. The Labute approximate surface area is 269 Å². The standard InChI is InChI=1S/2C10H14N6O2.C7H12O4/c2*1-2-6-17-3-5(18-6)16-4-13-7-8(11)14-10(12)15-9(7)16;1-3-6-9-4-7(11-6)10-5(2)8/h2*4-6H,2-3H2,1H3,(H4,11,12,14,15);6-7H,3-4H2,1-2H3/t5-,6+;5-,6-;6?,7-/m010/s1. The summed E-state index contributed by atoms with van der Waals surface area (Å²) in [7, 11) is 0. The first-order valence-corrected chi connectivity index (χ1v) is 15.1. The van der Waals surface area contributed by atoms with E-state index in [0.29, 0.717) is 42.1 Å². The van der Waals surface area contributed by atoms with Crippen molar-refractivity contribution in [2.45, 2.75) is 84.6 Å². The first kappa shape index (κ1) is 33.9. The Morgan fingerprint density at radius 2 is 1.15 bits per heavy atom. The van der Waals surface area contributed by atoms with Gasteiger partial charge in [0.2, 0.25) is 18.2 Å². The van der Waals surface area contributed by atoms with E-state index >= 15 is 0 Å². The van der Waals surface area contributed by atoms with E-state index in [4.69, 9.17) is 56.1 Å². The van der Waals surface area contributed by atoms with E-state index in [1.807, 2.05) is 20.8 Å². The number of esters is 1. The van der Waals surface area contributed by atoms with Crippen LogP contribution < -0.4 is 22.9 Å². The van der Waals surface area contributed by atoms with Gasteiger partial charge in [-0.3, -0.25) is 13.9 Å². The van der Waals surface area contributed by atoms with E-state index < -0.39 is 6.29 Å². The van der Waals surface area contributed by atoms with E-state index in [0.717, 1.165) is 19.3 Å². The second kappa shape index (κ2) is 15.0. The summed E-state index contributed by atoms with van der Waals surface area (Å²) in [5.74, 6) is 0.431. The van der Waals surface area contributed by atoms with E-state index in [1.165, 1.54) is 6.92 Å². The molecule has 0 aliphatic carbocycles. The Morgan fingerprint density at radius 1 is 0.723 bits per heavy atom. The minimum atomic E-state index is -0.502. The fraction of sp³-hybridized carbons (Fsp3) is 0.593. The number of anilines is 4. The number of hydrogen-bond acceptors (Lipinski definition) is 18. The Hall–Kier alpha value is -4.47. The van der Waals surface area contributed by atoms with Crippen molar-refractivity contribution in [3.8, 4) is 0 Å². The lowest BCUT2D eigenvalue weighted by atomic mass is 10.5. The first-order chi connectivity index (χ1) is 22.6. The molecule has 1 unspecified atom stereocenters. The second-order valence-corrected chi connectivity index (χ2v) is 10.5. The van der Waals surface area contributed by atoms with Crippen LogP contribution in [0.15, 0.2) is 12.7 Å². The quantitative estimate of drug-likeness (QED) is 0.211. The molecule has 4 aromatic rings. The maximum Gasteiger partial charge on any atom is 0.305 e. The molecule has 6 atom stereocenters. The molecule has 0 saturated carbocycles. The smallest absolute Gasteiger partial charge is 0.305 e. The number of nitrogens with two attached hydrogens (primary N) is 4. The summed E-state index contributed by atoms with van der Waals surface area (Å²) in [6.45, 7) is 8.54. The van der Waals surface area contributed by atoms with Gasteiger partial charge in [-0.2, -0.15) is 19.9 Å². The van der Waals surface area contributed by atoms with Gasteiger partial charge in [-0.05, 0) is 19.3 Å². The molecule has 20 heteroatoms. The van der Waals surface area contributed by atoms with Crippen molar-refractivity contribution < 1.29 is 38.0 Å². The van der Waals surface area contributed by atoms with Gasteiger partial charge in [0.15, 0.2) is 54.3 Å². The van der Waals surface area contributed by atoms with Crippen molar-refractivity contribution >= 4 is 51.8 Å². The largest absolute Gasteiger partial charge is 0.433 e. The molecule has 3 aliphatic rings. The third-order valence-corrected chi connectivity index (χ3v) is 7.04. The number of carbonyl (C=O) groups is 1. The van der Waals surface area contributed by atoms with Crippen LogP contribution in [0.3, 0.4) is 0 Å². The van der Waals surface area contributed by atoms with Gasteiger partial charge >= 0.3 is 5.97 Å². The number of ether oxygens (including phenoxy) is 7. The van der Waals surface area contributed by atoms with E-state index in [1.54, 1.807) is 21.8 Å². The van der Waals surface area contributed by atoms with Crippen LogP contribution in [0.5, 0.6) is 0 Å². The topological polar surface area (TPSA) is 273 Å². The lowest BCUT2D eigenvalue weighted by Gasteiger charge is -2.11. The van der Waals surface area contributed by atoms with Crippen LogP contribution in [0, 0.1) is 0 Å². The summed E-state index contributed by atoms with van der Waals surface area (Å²) in [4.78, 5) is 34.8. The summed E-state index contributed by atoms with van der Waals surface area (Å²) < 4.78 is 40.9. The minimum absolute atomic E-state index is 0.118. The predicted molar refractivity (Wildman–Crippen MR) is 165 cm³/mol. The molecular weight excluding hydrogens is 620 g/mol. The average Bonchev–Trinajstić information content (AvgIpc) is 3.86. The number of fused-ring (bicyclic) bond motifs is 2. The Morgan fingerprint density at radius 3 is 1.53 bits per heavy atom. The molecule has 20 nitrogen and oxygen atoms in total. The van der Waals surface area contributed by atoms with Crippen molar-refractivity contribution in [2.24, 2.45) is 0 Å². The SMILES string of the molecule is CCC1OC[C@@H](OC(C)=O)O1.CC[C@@H]1OC[C@@H](n2cnc3c(N)nc(N)nc32)O1.CC[C@@H]1OC[C@H](n2cnc3c(N)nc(N)nc32)O1. The van der Waals surface area contributed by atoms with Crippen molar-refractivity contribution in [1.29, 1.82) is 0 Å². The molecule has 0 spiro atoms. The summed E-state index contributed by atoms with van der Waals surface area (Å²) in [5.41, 5.74) is 24.8. The Kier molecular flexibility index (Phi) is 10.8. The molecule has 4 aromatic heterocycles. The fourth-order valence-corrected chi connectivity index (χ4v) is 4.83. The van der Waals surface area contributed by atoms with Gasteiger partial charge in [0.1, 0.15) is 17.6 Å². The molecule has 7 rings (SSSR count). The highest BCUT2D eigenvalue weighted by molar-refractivity contribution is 5.83. The van der Waals surface area contributed by atoms with Gasteiger partial charge in [0, 0.05) is 6.92 Å². The highest BCUT2D eigenvalue weighted by Crippen LogP contribution is 2.28. The Balaban J connectivity index is 0.000000143. The van der Waals surface area contributed by atoms with Crippen LogP contribution in [0.4, 0.5) is 23.5 Å². The maximum atomic E-state index is 10.4. The molecule has 47 heavy (non-hydrogen) atoms. The third-order valence-electron chi connectivity index (χ3n) is 7.04. The number of nitrogen functional groups attached to an aromatic ring is 4. The predicted octanol–water partition coefficient (Wildman–Crippen LogP) is 1.20. The van der Waals surface area contributed by atoms with Gasteiger partial charge < -0.3 is 56.1 Å². The monoisotopic (exact) mass is 660 g/mol.